The Kier molecular flexibility index (Phi) is 5.08. The number of aliphatic hydroxyl groups excluding tert-OH is 1. The molecule has 1 rings (SSSR count). The van der Waals surface area contributed by atoms with Crippen LogP contribution in [-0.2, 0) is 0 Å². The minimum absolute atomic E-state index is 0.344. The van der Waals surface area contributed by atoms with Gasteiger partial charge in [0.2, 0.25) is 0 Å². The van der Waals surface area contributed by atoms with Gasteiger partial charge in [-0.2, -0.15) is 0 Å². The van der Waals surface area contributed by atoms with Gasteiger partial charge in [0.15, 0.2) is 0 Å². The standard InChI is InChI=1S/C11H17BrN2O/c1-14(2)8-11(15)7-13-10-5-3-9(12)4-6-10/h3-6,11,13,15H,7-8H2,1-2H3. The first-order valence-electron chi connectivity index (χ1n) is 4.90. The van der Waals surface area contributed by atoms with Crippen molar-refractivity contribution in [3.63, 3.8) is 0 Å². The molecule has 0 radical (unpaired) electrons. The van der Waals surface area contributed by atoms with E-state index in [9.17, 15) is 5.11 Å². The van der Waals surface area contributed by atoms with Crippen molar-refractivity contribution in [3.8, 4) is 0 Å². The summed E-state index contributed by atoms with van der Waals surface area (Å²) in [4.78, 5) is 1.97. The summed E-state index contributed by atoms with van der Waals surface area (Å²) in [6.07, 6.45) is -0.344. The van der Waals surface area contributed by atoms with Crippen molar-refractivity contribution in [1.29, 1.82) is 0 Å². The van der Waals surface area contributed by atoms with Gasteiger partial charge in [0.1, 0.15) is 0 Å². The Morgan fingerprint density at radius 2 is 1.93 bits per heavy atom. The third-order valence-electron chi connectivity index (χ3n) is 1.96. The third kappa shape index (κ3) is 5.16. The van der Waals surface area contributed by atoms with E-state index in [2.05, 4.69) is 21.2 Å². The number of likely N-dealkylation sites (N-methyl/N-ethyl adjacent to an activating group) is 1. The van der Waals surface area contributed by atoms with Gasteiger partial charge in [-0.15, -0.1) is 0 Å². The lowest BCUT2D eigenvalue weighted by atomic mass is 10.3. The summed E-state index contributed by atoms with van der Waals surface area (Å²) in [5, 5.41) is 12.8. The van der Waals surface area contributed by atoms with Gasteiger partial charge in [-0.3, -0.25) is 0 Å². The van der Waals surface area contributed by atoms with Gasteiger partial charge >= 0.3 is 0 Å². The zero-order valence-electron chi connectivity index (χ0n) is 9.07. The smallest absolute Gasteiger partial charge is 0.0838 e. The molecule has 3 nitrogen and oxygen atoms in total. The Hall–Kier alpha value is -0.580. The highest BCUT2D eigenvalue weighted by Gasteiger charge is 2.04. The molecule has 0 aromatic heterocycles. The molecule has 0 saturated carbocycles. The number of nitrogens with one attached hydrogen (secondary N) is 1. The highest BCUT2D eigenvalue weighted by molar-refractivity contribution is 9.10. The van der Waals surface area contributed by atoms with Crippen molar-refractivity contribution in [3.05, 3.63) is 28.7 Å². The first-order valence-corrected chi connectivity index (χ1v) is 5.69. The number of benzene rings is 1. The molecule has 2 N–H and O–H groups in total. The number of rotatable bonds is 5. The van der Waals surface area contributed by atoms with E-state index in [1.165, 1.54) is 0 Å². The van der Waals surface area contributed by atoms with Crippen LogP contribution in [0.2, 0.25) is 0 Å². The number of hydrogen-bond acceptors (Lipinski definition) is 3. The second-order valence-corrected chi connectivity index (χ2v) is 4.72. The van der Waals surface area contributed by atoms with Crippen LogP contribution in [-0.4, -0.2) is 43.3 Å². The molecule has 0 aliphatic carbocycles. The lowest BCUT2D eigenvalue weighted by molar-refractivity contribution is 0.148. The molecule has 1 aromatic rings. The van der Waals surface area contributed by atoms with Crippen molar-refractivity contribution in [2.24, 2.45) is 0 Å². The number of nitrogens with zero attached hydrogens (tertiary/aromatic N) is 1. The van der Waals surface area contributed by atoms with Crippen molar-refractivity contribution in [1.82, 2.24) is 4.90 Å². The van der Waals surface area contributed by atoms with Crippen molar-refractivity contribution >= 4 is 21.6 Å². The van der Waals surface area contributed by atoms with Crippen LogP contribution in [0.25, 0.3) is 0 Å². The molecular formula is C11H17BrN2O. The average Bonchev–Trinajstić information content (AvgIpc) is 2.16. The molecule has 0 aliphatic rings. The molecule has 15 heavy (non-hydrogen) atoms. The monoisotopic (exact) mass is 272 g/mol. The fourth-order valence-corrected chi connectivity index (χ4v) is 1.55. The summed E-state index contributed by atoms with van der Waals surface area (Å²) in [7, 11) is 3.89. The summed E-state index contributed by atoms with van der Waals surface area (Å²) in [5.74, 6) is 0. The number of aliphatic hydroxyl groups is 1. The fourth-order valence-electron chi connectivity index (χ4n) is 1.29. The molecule has 1 atom stereocenters. The molecule has 0 fully saturated rings. The summed E-state index contributed by atoms with van der Waals surface area (Å²) < 4.78 is 1.06. The first-order chi connectivity index (χ1) is 7.08. The maximum atomic E-state index is 9.62. The van der Waals surface area contributed by atoms with Crippen LogP contribution in [0.4, 0.5) is 5.69 Å². The molecule has 0 bridgehead atoms. The van der Waals surface area contributed by atoms with E-state index in [4.69, 9.17) is 0 Å². The molecular weight excluding hydrogens is 256 g/mol. The van der Waals surface area contributed by atoms with E-state index in [0.29, 0.717) is 13.1 Å². The van der Waals surface area contributed by atoms with E-state index < -0.39 is 0 Å². The van der Waals surface area contributed by atoms with Crippen molar-refractivity contribution < 1.29 is 5.11 Å². The van der Waals surface area contributed by atoms with Crippen LogP contribution >= 0.6 is 15.9 Å². The van der Waals surface area contributed by atoms with Gasteiger partial charge in [0.25, 0.3) is 0 Å². The van der Waals surface area contributed by atoms with Crippen molar-refractivity contribution in [2.75, 3.05) is 32.5 Å². The minimum Gasteiger partial charge on any atom is -0.390 e. The van der Waals surface area contributed by atoms with Gasteiger partial charge < -0.3 is 15.3 Å². The third-order valence-corrected chi connectivity index (χ3v) is 2.49. The lowest BCUT2D eigenvalue weighted by Gasteiger charge is -2.16. The van der Waals surface area contributed by atoms with Crippen LogP contribution in [0.1, 0.15) is 0 Å². The van der Waals surface area contributed by atoms with Crippen LogP contribution < -0.4 is 5.32 Å². The lowest BCUT2D eigenvalue weighted by Crippen LogP contribution is -2.31. The van der Waals surface area contributed by atoms with Gasteiger partial charge in [0.05, 0.1) is 6.10 Å². The topological polar surface area (TPSA) is 35.5 Å². The number of hydrogen-bond donors (Lipinski definition) is 2. The Balaban J connectivity index is 2.33. The van der Waals surface area contributed by atoms with E-state index in [0.717, 1.165) is 10.2 Å². The van der Waals surface area contributed by atoms with E-state index in [1.807, 2.05) is 43.3 Å². The molecule has 0 saturated heterocycles. The molecule has 1 aromatic carbocycles. The summed E-state index contributed by atoms with van der Waals surface area (Å²) in [5.41, 5.74) is 1.02. The Morgan fingerprint density at radius 3 is 2.47 bits per heavy atom. The number of anilines is 1. The van der Waals surface area contributed by atoms with Gasteiger partial charge in [0, 0.05) is 23.2 Å². The van der Waals surface area contributed by atoms with Gasteiger partial charge in [-0.05, 0) is 38.4 Å². The maximum Gasteiger partial charge on any atom is 0.0838 e. The quantitative estimate of drug-likeness (QED) is 0.858. The molecule has 84 valence electrons. The molecule has 1 unspecified atom stereocenters. The average molecular weight is 273 g/mol. The molecule has 0 spiro atoms. The zero-order chi connectivity index (χ0) is 11.3. The summed E-state index contributed by atoms with van der Waals surface area (Å²) in [6, 6.07) is 7.90. The van der Waals surface area contributed by atoms with Crippen LogP contribution in [0.15, 0.2) is 28.7 Å². The number of halogens is 1. The predicted octanol–water partition coefficient (Wildman–Crippen LogP) is 1.78. The zero-order valence-corrected chi connectivity index (χ0v) is 10.7. The molecule has 0 aliphatic heterocycles. The summed E-state index contributed by atoms with van der Waals surface area (Å²) >= 11 is 3.37. The first kappa shape index (κ1) is 12.5. The predicted molar refractivity (Wildman–Crippen MR) is 67.2 cm³/mol. The van der Waals surface area contributed by atoms with E-state index >= 15 is 0 Å². The van der Waals surface area contributed by atoms with Gasteiger partial charge in [-0.25, -0.2) is 0 Å². The summed E-state index contributed by atoms with van der Waals surface area (Å²) in [6.45, 7) is 1.24. The second kappa shape index (κ2) is 6.10. The molecule has 0 heterocycles. The van der Waals surface area contributed by atoms with Crippen LogP contribution in [0, 0.1) is 0 Å². The second-order valence-electron chi connectivity index (χ2n) is 3.80. The Labute approximate surface area is 99.2 Å². The minimum atomic E-state index is -0.344. The largest absolute Gasteiger partial charge is 0.390 e. The van der Waals surface area contributed by atoms with Crippen molar-refractivity contribution in [2.45, 2.75) is 6.10 Å². The van der Waals surface area contributed by atoms with Gasteiger partial charge in [-0.1, -0.05) is 15.9 Å². The molecule has 4 heteroatoms. The highest BCUT2D eigenvalue weighted by Crippen LogP contribution is 2.13. The Morgan fingerprint density at radius 1 is 1.33 bits per heavy atom. The Bertz CT molecular complexity index is 287. The van der Waals surface area contributed by atoms with E-state index in [-0.39, 0.29) is 6.10 Å². The van der Waals surface area contributed by atoms with Crippen LogP contribution in [0.3, 0.4) is 0 Å². The SMILES string of the molecule is CN(C)CC(O)CNc1ccc(Br)cc1. The molecule has 0 amide bonds. The highest BCUT2D eigenvalue weighted by atomic mass is 79.9. The van der Waals surface area contributed by atoms with Crippen LogP contribution in [0.5, 0.6) is 0 Å². The fraction of sp³-hybridized carbons (Fsp3) is 0.455. The maximum absolute atomic E-state index is 9.62. The normalized spacial score (nSPS) is 12.9. The van der Waals surface area contributed by atoms with E-state index in [1.54, 1.807) is 0 Å².